The third-order valence-corrected chi connectivity index (χ3v) is 4.11. The van der Waals surface area contributed by atoms with Gasteiger partial charge in [-0.05, 0) is 30.3 Å². The number of phenolic OH excluding ortho intramolecular Hbond substituents is 1. The van der Waals surface area contributed by atoms with Gasteiger partial charge in [-0.15, -0.1) is 11.3 Å². The van der Waals surface area contributed by atoms with Crippen LogP contribution in [0.25, 0.3) is 20.8 Å². The molecule has 5 nitrogen and oxygen atoms in total. The van der Waals surface area contributed by atoms with E-state index in [0.29, 0.717) is 21.8 Å². The molecule has 1 aromatic heterocycles. The number of aromatic nitrogens is 1. The van der Waals surface area contributed by atoms with Crippen molar-refractivity contribution in [1.82, 2.24) is 4.98 Å². The fourth-order valence-electron chi connectivity index (χ4n) is 2.07. The molecule has 0 radical (unpaired) electrons. The van der Waals surface area contributed by atoms with Gasteiger partial charge in [-0.1, -0.05) is 6.07 Å². The van der Waals surface area contributed by atoms with Crippen molar-refractivity contribution in [3.8, 4) is 22.1 Å². The van der Waals surface area contributed by atoms with Gasteiger partial charge < -0.3 is 14.9 Å². The van der Waals surface area contributed by atoms with Crippen LogP contribution in [0.4, 0.5) is 0 Å². The second-order valence-corrected chi connectivity index (χ2v) is 5.39. The summed E-state index contributed by atoms with van der Waals surface area (Å²) in [6, 6.07) is 9.73. The van der Waals surface area contributed by atoms with Gasteiger partial charge in [0.25, 0.3) is 0 Å². The summed E-state index contributed by atoms with van der Waals surface area (Å²) < 4.78 is 6.00. The van der Waals surface area contributed by atoms with Gasteiger partial charge in [0.1, 0.15) is 16.5 Å². The average Bonchev–Trinajstić information content (AvgIpc) is 2.88. The maximum absolute atomic E-state index is 11.0. The Morgan fingerprint density at radius 1 is 1.29 bits per heavy atom. The van der Waals surface area contributed by atoms with Crippen LogP contribution in [0.1, 0.15) is 10.4 Å². The average molecular weight is 301 g/mol. The van der Waals surface area contributed by atoms with E-state index in [1.165, 1.54) is 24.5 Å². The Balaban J connectivity index is 2.20. The summed E-state index contributed by atoms with van der Waals surface area (Å²) in [4.78, 5) is 15.4. The molecule has 0 aliphatic rings. The molecular weight excluding hydrogens is 290 g/mol. The van der Waals surface area contributed by atoms with Gasteiger partial charge in [0.05, 0.1) is 28.5 Å². The zero-order valence-corrected chi connectivity index (χ0v) is 11.8. The predicted molar refractivity (Wildman–Crippen MR) is 80.2 cm³/mol. The molecule has 0 fully saturated rings. The summed E-state index contributed by atoms with van der Waals surface area (Å²) in [7, 11) is 1.52. The molecule has 0 atom stereocenters. The molecular formula is C15H11NO4S. The number of methoxy groups -OCH3 is 1. The summed E-state index contributed by atoms with van der Waals surface area (Å²) >= 11 is 1.31. The number of hydrogen-bond acceptors (Lipinski definition) is 5. The lowest BCUT2D eigenvalue weighted by Gasteiger charge is -2.07. The van der Waals surface area contributed by atoms with E-state index in [2.05, 4.69) is 4.98 Å². The second-order valence-electron chi connectivity index (χ2n) is 4.36. The number of nitrogens with zero attached hydrogens (tertiary/aromatic N) is 1. The van der Waals surface area contributed by atoms with Crippen molar-refractivity contribution < 1.29 is 19.7 Å². The molecule has 0 saturated carbocycles. The smallest absolute Gasteiger partial charge is 0.335 e. The van der Waals surface area contributed by atoms with Crippen LogP contribution < -0.4 is 4.74 Å². The van der Waals surface area contributed by atoms with E-state index in [4.69, 9.17) is 9.84 Å². The van der Waals surface area contributed by atoms with Gasteiger partial charge in [-0.3, -0.25) is 0 Å². The highest BCUT2D eigenvalue weighted by atomic mass is 32.1. The monoisotopic (exact) mass is 301 g/mol. The number of carboxylic acid groups (broad SMARTS) is 1. The van der Waals surface area contributed by atoms with Gasteiger partial charge in [0.15, 0.2) is 0 Å². The number of fused-ring (bicyclic) bond motifs is 1. The molecule has 3 rings (SSSR count). The zero-order valence-electron chi connectivity index (χ0n) is 11.0. The number of aromatic hydroxyl groups is 1. The number of phenols is 1. The van der Waals surface area contributed by atoms with Gasteiger partial charge in [0.2, 0.25) is 0 Å². The van der Waals surface area contributed by atoms with Gasteiger partial charge in [0, 0.05) is 0 Å². The lowest BCUT2D eigenvalue weighted by Crippen LogP contribution is -1.94. The Bertz CT molecular complexity index is 841. The summed E-state index contributed by atoms with van der Waals surface area (Å²) in [6.45, 7) is 0. The zero-order chi connectivity index (χ0) is 15.0. The first-order valence-corrected chi connectivity index (χ1v) is 6.92. The first-order chi connectivity index (χ1) is 10.1. The molecule has 1 heterocycles. The van der Waals surface area contributed by atoms with Crippen molar-refractivity contribution in [2.45, 2.75) is 0 Å². The number of hydrogen-bond donors (Lipinski definition) is 2. The highest BCUT2D eigenvalue weighted by molar-refractivity contribution is 7.21. The largest absolute Gasteiger partial charge is 0.507 e. The van der Waals surface area contributed by atoms with Crippen molar-refractivity contribution in [3.05, 3.63) is 42.0 Å². The first-order valence-electron chi connectivity index (χ1n) is 6.10. The Labute approximate surface area is 124 Å². The van der Waals surface area contributed by atoms with Gasteiger partial charge in [-0.2, -0.15) is 0 Å². The van der Waals surface area contributed by atoms with Crippen molar-refractivity contribution in [2.75, 3.05) is 7.11 Å². The Hall–Kier alpha value is -2.60. The molecule has 2 aromatic carbocycles. The SMILES string of the molecule is COc1cccc(O)c1-c1nc2ccc(C(=O)O)cc2s1. The molecule has 6 heteroatoms. The van der Waals surface area contributed by atoms with Gasteiger partial charge in [-0.25, -0.2) is 9.78 Å². The Morgan fingerprint density at radius 3 is 2.81 bits per heavy atom. The second kappa shape index (κ2) is 5.06. The number of rotatable bonds is 3. The lowest BCUT2D eigenvalue weighted by atomic mass is 10.2. The Morgan fingerprint density at radius 2 is 2.10 bits per heavy atom. The standard InChI is InChI=1S/C15H11NO4S/c1-20-11-4-2-3-10(17)13(11)14-16-9-6-5-8(15(18)19)7-12(9)21-14/h2-7,17H,1H3,(H,18,19). The quantitative estimate of drug-likeness (QED) is 0.775. The van der Waals surface area contributed by atoms with Crippen molar-refractivity contribution in [1.29, 1.82) is 0 Å². The summed E-state index contributed by atoms with van der Waals surface area (Å²) in [5.41, 5.74) is 1.41. The van der Waals surface area contributed by atoms with Crippen LogP contribution in [0.5, 0.6) is 11.5 Å². The van der Waals surface area contributed by atoms with E-state index in [-0.39, 0.29) is 11.3 Å². The molecule has 0 aliphatic heterocycles. The molecule has 0 saturated heterocycles. The third kappa shape index (κ3) is 2.30. The summed E-state index contributed by atoms with van der Waals surface area (Å²) in [5, 5.41) is 19.6. The lowest BCUT2D eigenvalue weighted by molar-refractivity contribution is 0.0697. The van der Waals surface area contributed by atoms with Crippen LogP contribution in [-0.2, 0) is 0 Å². The fourth-order valence-corrected chi connectivity index (χ4v) is 3.13. The van der Waals surface area contributed by atoms with Crippen LogP contribution in [0.15, 0.2) is 36.4 Å². The summed E-state index contributed by atoms with van der Waals surface area (Å²) in [5.74, 6) is -0.383. The van der Waals surface area contributed by atoms with E-state index in [9.17, 15) is 9.90 Å². The number of benzene rings is 2. The van der Waals surface area contributed by atoms with E-state index < -0.39 is 5.97 Å². The molecule has 0 unspecified atom stereocenters. The number of aromatic carboxylic acids is 1. The summed E-state index contributed by atoms with van der Waals surface area (Å²) in [6.07, 6.45) is 0. The number of carboxylic acids is 1. The van der Waals surface area contributed by atoms with Crippen LogP contribution in [0, 0.1) is 0 Å². The van der Waals surface area contributed by atoms with Crippen LogP contribution in [0.3, 0.4) is 0 Å². The van der Waals surface area contributed by atoms with Crippen LogP contribution in [-0.4, -0.2) is 28.3 Å². The highest BCUT2D eigenvalue weighted by Crippen LogP contribution is 2.41. The molecule has 0 aliphatic carbocycles. The molecule has 3 aromatic rings. The minimum Gasteiger partial charge on any atom is -0.507 e. The molecule has 0 amide bonds. The highest BCUT2D eigenvalue weighted by Gasteiger charge is 2.16. The predicted octanol–water partition coefficient (Wildman–Crippen LogP) is 3.38. The third-order valence-electron chi connectivity index (χ3n) is 3.07. The van der Waals surface area contributed by atoms with Crippen LogP contribution in [0.2, 0.25) is 0 Å². The maximum Gasteiger partial charge on any atom is 0.335 e. The van der Waals surface area contributed by atoms with E-state index in [1.54, 1.807) is 30.3 Å². The topological polar surface area (TPSA) is 79.7 Å². The van der Waals surface area contributed by atoms with Crippen molar-refractivity contribution in [2.24, 2.45) is 0 Å². The first kappa shape index (κ1) is 13.4. The fraction of sp³-hybridized carbons (Fsp3) is 0.0667. The van der Waals surface area contributed by atoms with Crippen LogP contribution >= 0.6 is 11.3 Å². The van der Waals surface area contributed by atoms with E-state index >= 15 is 0 Å². The minimum atomic E-state index is -0.980. The number of thiazole rings is 1. The molecule has 0 spiro atoms. The number of carbonyl (C=O) groups is 1. The molecule has 0 bridgehead atoms. The maximum atomic E-state index is 11.0. The van der Waals surface area contributed by atoms with E-state index in [0.717, 1.165) is 4.70 Å². The molecule has 106 valence electrons. The van der Waals surface area contributed by atoms with Crippen molar-refractivity contribution in [3.63, 3.8) is 0 Å². The molecule has 21 heavy (non-hydrogen) atoms. The molecule has 2 N–H and O–H groups in total. The number of ether oxygens (including phenoxy) is 1. The normalized spacial score (nSPS) is 10.7. The van der Waals surface area contributed by atoms with Gasteiger partial charge >= 0.3 is 5.97 Å². The Kier molecular flexibility index (Phi) is 3.23. The van der Waals surface area contributed by atoms with Crippen molar-refractivity contribution >= 4 is 27.5 Å². The minimum absolute atomic E-state index is 0.0758. The van der Waals surface area contributed by atoms with E-state index in [1.807, 2.05) is 0 Å².